The number of hydrogen-bond acceptors (Lipinski definition) is 3. The summed E-state index contributed by atoms with van der Waals surface area (Å²) in [6.45, 7) is -0.352. The lowest BCUT2D eigenvalue weighted by atomic mass is 9.81. The topological polar surface area (TPSA) is 77.8 Å². The summed E-state index contributed by atoms with van der Waals surface area (Å²) < 4.78 is 0. The van der Waals surface area contributed by atoms with Crippen molar-refractivity contribution in [2.45, 2.75) is 38.2 Å². The molecule has 0 spiro atoms. The molecule has 76 valence electrons. The fourth-order valence-corrected chi connectivity index (χ4v) is 2.07. The number of aliphatic hydroxyl groups excluding tert-OH is 2. The van der Waals surface area contributed by atoms with E-state index in [-0.39, 0.29) is 13.0 Å². The molecule has 13 heavy (non-hydrogen) atoms. The highest BCUT2D eigenvalue weighted by molar-refractivity contribution is 5.75. The first kappa shape index (κ1) is 10.5. The summed E-state index contributed by atoms with van der Waals surface area (Å²) >= 11 is 0. The molecule has 1 aliphatic carbocycles. The van der Waals surface area contributed by atoms with Crippen LogP contribution >= 0.6 is 0 Å². The summed E-state index contributed by atoms with van der Waals surface area (Å²) in [7, 11) is 0. The van der Waals surface area contributed by atoms with E-state index in [0.717, 1.165) is 12.8 Å². The average molecular weight is 188 g/mol. The zero-order valence-corrected chi connectivity index (χ0v) is 7.57. The molecule has 0 heterocycles. The van der Waals surface area contributed by atoms with E-state index in [1.807, 2.05) is 0 Å². The van der Waals surface area contributed by atoms with Gasteiger partial charge >= 0.3 is 5.97 Å². The van der Waals surface area contributed by atoms with Gasteiger partial charge in [-0.05, 0) is 19.3 Å². The van der Waals surface area contributed by atoms with Crippen LogP contribution < -0.4 is 0 Å². The van der Waals surface area contributed by atoms with Crippen molar-refractivity contribution in [3.63, 3.8) is 0 Å². The fourth-order valence-electron chi connectivity index (χ4n) is 2.07. The number of carboxylic acids is 1. The van der Waals surface area contributed by atoms with Crippen LogP contribution in [0.3, 0.4) is 0 Å². The number of carboxylic acid groups (broad SMARTS) is 1. The Morgan fingerprint density at radius 1 is 1.38 bits per heavy atom. The molecule has 0 bridgehead atoms. The van der Waals surface area contributed by atoms with Crippen molar-refractivity contribution in [1.82, 2.24) is 0 Å². The minimum Gasteiger partial charge on any atom is -0.481 e. The molecule has 1 fully saturated rings. The van der Waals surface area contributed by atoms with E-state index in [0.29, 0.717) is 12.8 Å². The highest BCUT2D eigenvalue weighted by Crippen LogP contribution is 2.42. The predicted molar refractivity (Wildman–Crippen MR) is 46.2 cm³/mol. The molecule has 0 aliphatic heterocycles. The van der Waals surface area contributed by atoms with Crippen molar-refractivity contribution in [3.05, 3.63) is 0 Å². The Labute approximate surface area is 77.2 Å². The second-order valence-electron chi connectivity index (χ2n) is 3.83. The van der Waals surface area contributed by atoms with Gasteiger partial charge in [-0.1, -0.05) is 12.8 Å². The first-order chi connectivity index (χ1) is 6.10. The van der Waals surface area contributed by atoms with Crippen LogP contribution in [-0.2, 0) is 4.79 Å². The third kappa shape index (κ3) is 2.19. The Kier molecular flexibility index (Phi) is 3.27. The van der Waals surface area contributed by atoms with E-state index in [4.69, 9.17) is 10.2 Å². The number of carbonyl (C=O) groups is 1. The van der Waals surface area contributed by atoms with E-state index in [9.17, 15) is 9.90 Å². The maximum Gasteiger partial charge on any atom is 0.309 e. The smallest absolute Gasteiger partial charge is 0.309 e. The van der Waals surface area contributed by atoms with E-state index in [2.05, 4.69) is 0 Å². The number of hydrogen-bond donors (Lipinski definition) is 3. The monoisotopic (exact) mass is 188 g/mol. The largest absolute Gasteiger partial charge is 0.481 e. The van der Waals surface area contributed by atoms with Crippen LogP contribution in [0.2, 0.25) is 0 Å². The molecule has 1 atom stereocenters. The lowest BCUT2D eigenvalue weighted by Gasteiger charge is -2.25. The van der Waals surface area contributed by atoms with Crippen molar-refractivity contribution in [2.24, 2.45) is 5.41 Å². The van der Waals surface area contributed by atoms with Crippen LogP contribution in [-0.4, -0.2) is 34.0 Å². The van der Waals surface area contributed by atoms with Crippen LogP contribution in [0.5, 0.6) is 0 Å². The summed E-state index contributed by atoms with van der Waals surface area (Å²) in [5, 5.41) is 26.9. The molecule has 1 rings (SSSR count). The molecule has 0 radical (unpaired) electrons. The molecule has 0 amide bonds. The molecule has 4 heteroatoms. The lowest BCUT2D eigenvalue weighted by Crippen LogP contribution is -2.33. The second-order valence-corrected chi connectivity index (χ2v) is 3.83. The van der Waals surface area contributed by atoms with Gasteiger partial charge in [-0.2, -0.15) is 0 Å². The molecule has 1 unspecified atom stereocenters. The lowest BCUT2D eigenvalue weighted by molar-refractivity contribution is -0.151. The number of aliphatic carboxylic acids is 1. The van der Waals surface area contributed by atoms with Gasteiger partial charge in [-0.3, -0.25) is 4.79 Å². The number of rotatable bonds is 4. The standard InChI is InChI=1S/C9H16O4/c10-6-7(11)5-9(8(12)13)3-1-2-4-9/h7,10-11H,1-6H2,(H,12,13). The second kappa shape index (κ2) is 4.07. The highest BCUT2D eigenvalue weighted by atomic mass is 16.4. The van der Waals surface area contributed by atoms with Gasteiger partial charge < -0.3 is 15.3 Å². The zero-order valence-electron chi connectivity index (χ0n) is 7.57. The van der Waals surface area contributed by atoms with Gasteiger partial charge in [-0.25, -0.2) is 0 Å². The molecule has 0 aromatic heterocycles. The summed E-state index contributed by atoms with van der Waals surface area (Å²) in [4.78, 5) is 11.0. The van der Waals surface area contributed by atoms with E-state index in [1.54, 1.807) is 0 Å². The predicted octanol–water partition coefficient (Wildman–Crippen LogP) is 0.375. The summed E-state index contributed by atoms with van der Waals surface area (Å²) in [6.07, 6.45) is 2.35. The zero-order chi connectivity index (χ0) is 9.90. The quantitative estimate of drug-likeness (QED) is 0.595. The van der Waals surface area contributed by atoms with Gasteiger partial charge in [0.15, 0.2) is 0 Å². The molecule has 0 saturated heterocycles. The van der Waals surface area contributed by atoms with Gasteiger partial charge in [-0.15, -0.1) is 0 Å². The summed E-state index contributed by atoms with van der Waals surface area (Å²) in [5.41, 5.74) is -0.776. The van der Waals surface area contributed by atoms with Gasteiger partial charge in [0, 0.05) is 0 Å². The number of aliphatic hydroxyl groups is 2. The van der Waals surface area contributed by atoms with Crippen LogP contribution in [0, 0.1) is 5.41 Å². The normalized spacial score (nSPS) is 22.9. The third-order valence-corrected chi connectivity index (χ3v) is 2.85. The molecule has 1 saturated carbocycles. The van der Waals surface area contributed by atoms with Gasteiger partial charge in [0.1, 0.15) is 0 Å². The molecule has 4 nitrogen and oxygen atoms in total. The van der Waals surface area contributed by atoms with E-state index < -0.39 is 17.5 Å². The van der Waals surface area contributed by atoms with Crippen molar-refractivity contribution >= 4 is 5.97 Å². The first-order valence-corrected chi connectivity index (χ1v) is 4.63. The van der Waals surface area contributed by atoms with Crippen molar-refractivity contribution < 1.29 is 20.1 Å². The molecule has 0 aromatic carbocycles. The third-order valence-electron chi connectivity index (χ3n) is 2.85. The van der Waals surface area contributed by atoms with E-state index >= 15 is 0 Å². The Morgan fingerprint density at radius 2 is 1.92 bits per heavy atom. The van der Waals surface area contributed by atoms with Crippen molar-refractivity contribution in [1.29, 1.82) is 0 Å². The maximum atomic E-state index is 11.0. The average Bonchev–Trinajstić information content (AvgIpc) is 2.54. The van der Waals surface area contributed by atoms with Crippen LogP contribution in [0.4, 0.5) is 0 Å². The van der Waals surface area contributed by atoms with Crippen molar-refractivity contribution in [3.8, 4) is 0 Å². The Morgan fingerprint density at radius 3 is 2.31 bits per heavy atom. The van der Waals surface area contributed by atoms with Gasteiger partial charge in [0.05, 0.1) is 18.1 Å². The van der Waals surface area contributed by atoms with Gasteiger partial charge in [0.2, 0.25) is 0 Å². The Bertz CT molecular complexity index is 184. The molecule has 3 N–H and O–H groups in total. The van der Waals surface area contributed by atoms with Gasteiger partial charge in [0.25, 0.3) is 0 Å². The highest BCUT2D eigenvalue weighted by Gasteiger charge is 2.42. The summed E-state index contributed by atoms with van der Waals surface area (Å²) in [5.74, 6) is -0.836. The van der Waals surface area contributed by atoms with E-state index in [1.165, 1.54) is 0 Å². The Balaban J connectivity index is 2.62. The van der Waals surface area contributed by atoms with Crippen LogP contribution in [0.1, 0.15) is 32.1 Å². The molecule has 0 aromatic rings. The molecular weight excluding hydrogens is 172 g/mol. The summed E-state index contributed by atoms with van der Waals surface area (Å²) in [6, 6.07) is 0. The van der Waals surface area contributed by atoms with Crippen LogP contribution in [0.25, 0.3) is 0 Å². The maximum absolute atomic E-state index is 11.0. The Hall–Kier alpha value is -0.610. The van der Waals surface area contributed by atoms with Crippen molar-refractivity contribution in [2.75, 3.05) is 6.61 Å². The SMILES string of the molecule is O=C(O)C1(CC(O)CO)CCCC1. The minimum absolute atomic E-state index is 0.179. The van der Waals surface area contributed by atoms with Crippen LogP contribution in [0.15, 0.2) is 0 Å². The molecular formula is C9H16O4. The molecule has 1 aliphatic rings. The fraction of sp³-hybridized carbons (Fsp3) is 0.889. The minimum atomic E-state index is -0.894. The first-order valence-electron chi connectivity index (χ1n) is 4.63.